The highest BCUT2D eigenvalue weighted by molar-refractivity contribution is 5.43. The van der Waals surface area contributed by atoms with Crippen molar-refractivity contribution in [1.82, 2.24) is 0 Å². The van der Waals surface area contributed by atoms with Gasteiger partial charge in [0, 0.05) is 5.56 Å². The van der Waals surface area contributed by atoms with E-state index in [2.05, 4.69) is 0 Å². The molecular weight excluding hydrogens is 257 g/mol. The van der Waals surface area contributed by atoms with Crippen LogP contribution >= 0.6 is 0 Å². The van der Waals surface area contributed by atoms with Crippen molar-refractivity contribution in [3.05, 3.63) is 59.4 Å². The predicted molar refractivity (Wildman–Crippen MR) is 76.5 cm³/mol. The first kappa shape index (κ1) is 14.3. The van der Waals surface area contributed by atoms with E-state index in [1.54, 1.807) is 25.3 Å². The van der Waals surface area contributed by atoms with E-state index < -0.39 is 0 Å². The van der Waals surface area contributed by atoms with E-state index in [0.717, 1.165) is 12.0 Å². The third kappa shape index (κ3) is 3.48. The van der Waals surface area contributed by atoms with Crippen molar-refractivity contribution in [2.45, 2.75) is 13.0 Å². The van der Waals surface area contributed by atoms with Crippen molar-refractivity contribution in [3.63, 3.8) is 0 Å². The van der Waals surface area contributed by atoms with Gasteiger partial charge in [0.2, 0.25) is 0 Å². The summed E-state index contributed by atoms with van der Waals surface area (Å²) >= 11 is 0. The molecule has 3 nitrogen and oxygen atoms in total. The van der Waals surface area contributed by atoms with Crippen LogP contribution in [-0.4, -0.2) is 13.7 Å². The number of methoxy groups -OCH3 is 1. The summed E-state index contributed by atoms with van der Waals surface area (Å²) in [4.78, 5) is 0. The molecule has 0 aliphatic rings. The second kappa shape index (κ2) is 6.91. The van der Waals surface area contributed by atoms with Crippen LogP contribution in [-0.2, 0) is 13.0 Å². The van der Waals surface area contributed by atoms with E-state index in [9.17, 15) is 4.39 Å². The number of rotatable bonds is 6. The number of hydrogen-bond donors (Lipinski definition) is 1. The Hall–Kier alpha value is -2.07. The molecule has 0 bridgehead atoms. The van der Waals surface area contributed by atoms with Gasteiger partial charge in [0.05, 0.1) is 7.11 Å². The lowest BCUT2D eigenvalue weighted by atomic mass is 10.1. The molecule has 0 radical (unpaired) electrons. The summed E-state index contributed by atoms with van der Waals surface area (Å²) < 4.78 is 24.4. The van der Waals surface area contributed by atoms with Gasteiger partial charge in [0.1, 0.15) is 12.4 Å². The Morgan fingerprint density at radius 3 is 2.60 bits per heavy atom. The van der Waals surface area contributed by atoms with Crippen LogP contribution in [0.25, 0.3) is 0 Å². The lowest BCUT2D eigenvalue weighted by Crippen LogP contribution is -2.04. The topological polar surface area (TPSA) is 44.5 Å². The van der Waals surface area contributed by atoms with Gasteiger partial charge in [-0.1, -0.05) is 24.3 Å². The number of halogens is 1. The molecule has 2 aromatic rings. The highest BCUT2D eigenvalue weighted by Crippen LogP contribution is 2.29. The van der Waals surface area contributed by atoms with Gasteiger partial charge in [0.25, 0.3) is 0 Å². The first-order valence-corrected chi connectivity index (χ1v) is 6.47. The van der Waals surface area contributed by atoms with E-state index >= 15 is 0 Å². The van der Waals surface area contributed by atoms with Gasteiger partial charge >= 0.3 is 0 Å². The molecule has 0 aromatic heterocycles. The van der Waals surface area contributed by atoms with Crippen molar-refractivity contribution >= 4 is 0 Å². The van der Waals surface area contributed by atoms with Crippen LogP contribution in [0.5, 0.6) is 11.5 Å². The molecule has 0 saturated carbocycles. The van der Waals surface area contributed by atoms with Crippen LogP contribution in [0.15, 0.2) is 42.5 Å². The molecule has 0 aliphatic heterocycles. The van der Waals surface area contributed by atoms with E-state index in [-0.39, 0.29) is 12.4 Å². The third-order valence-corrected chi connectivity index (χ3v) is 3.00. The first-order valence-electron chi connectivity index (χ1n) is 6.47. The largest absolute Gasteiger partial charge is 0.493 e. The molecule has 2 rings (SSSR count). The molecule has 0 heterocycles. The Kier molecular flexibility index (Phi) is 4.96. The fraction of sp³-hybridized carbons (Fsp3) is 0.250. The van der Waals surface area contributed by atoms with Crippen LogP contribution in [0.2, 0.25) is 0 Å². The predicted octanol–water partition coefficient (Wildman–Crippen LogP) is 2.91. The normalized spacial score (nSPS) is 10.3. The van der Waals surface area contributed by atoms with Crippen LogP contribution in [0.3, 0.4) is 0 Å². The minimum Gasteiger partial charge on any atom is -0.493 e. The lowest BCUT2D eigenvalue weighted by molar-refractivity contribution is 0.279. The average molecular weight is 275 g/mol. The fourth-order valence-corrected chi connectivity index (χ4v) is 1.92. The summed E-state index contributed by atoms with van der Waals surface area (Å²) in [6.45, 7) is 0.748. The molecule has 0 aliphatic carbocycles. The van der Waals surface area contributed by atoms with Gasteiger partial charge in [-0.05, 0) is 36.7 Å². The molecule has 0 unspecified atom stereocenters. The zero-order valence-electron chi connectivity index (χ0n) is 11.4. The van der Waals surface area contributed by atoms with Crippen molar-refractivity contribution in [2.75, 3.05) is 13.7 Å². The molecule has 0 amide bonds. The molecule has 106 valence electrons. The maximum atomic E-state index is 13.5. The number of hydrogen-bond acceptors (Lipinski definition) is 3. The first-order chi connectivity index (χ1) is 9.74. The molecular formula is C16H18FNO2. The molecule has 4 heteroatoms. The summed E-state index contributed by atoms with van der Waals surface area (Å²) in [5, 5.41) is 0. The summed E-state index contributed by atoms with van der Waals surface area (Å²) in [7, 11) is 1.58. The van der Waals surface area contributed by atoms with Gasteiger partial charge in [-0.25, -0.2) is 4.39 Å². The Balaban J connectivity index is 2.11. The Morgan fingerprint density at radius 2 is 1.90 bits per heavy atom. The summed E-state index contributed by atoms with van der Waals surface area (Å²) in [5.41, 5.74) is 7.13. The maximum Gasteiger partial charge on any atom is 0.161 e. The second-order valence-electron chi connectivity index (χ2n) is 4.40. The van der Waals surface area contributed by atoms with Gasteiger partial charge in [-0.15, -0.1) is 0 Å². The van der Waals surface area contributed by atoms with Gasteiger partial charge in [-0.3, -0.25) is 0 Å². The quantitative estimate of drug-likeness (QED) is 0.881. The van der Waals surface area contributed by atoms with Crippen molar-refractivity contribution < 1.29 is 13.9 Å². The van der Waals surface area contributed by atoms with Gasteiger partial charge in [0.15, 0.2) is 11.5 Å². The lowest BCUT2D eigenvalue weighted by Gasteiger charge is -2.12. The zero-order valence-corrected chi connectivity index (χ0v) is 11.4. The smallest absolute Gasteiger partial charge is 0.161 e. The van der Waals surface area contributed by atoms with Crippen molar-refractivity contribution in [1.29, 1.82) is 0 Å². The van der Waals surface area contributed by atoms with Crippen LogP contribution in [0, 0.1) is 5.82 Å². The standard InChI is InChI=1S/C16H18FNO2/c1-19-16-10-12(8-9-18)6-7-15(16)20-11-13-4-2-3-5-14(13)17/h2-7,10H,8-9,11,18H2,1H3. The molecule has 0 spiro atoms. The highest BCUT2D eigenvalue weighted by atomic mass is 19.1. The zero-order chi connectivity index (χ0) is 14.4. The van der Waals surface area contributed by atoms with E-state index in [1.165, 1.54) is 6.07 Å². The minimum absolute atomic E-state index is 0.166. The SMILES string of the molecule is COc1cc(CCN)ccc1OCc1ccccc1F. The van der Waals surface area contributed by atoms with Crippen LogP contribution < -0.4 is 15.2 Å². The molecule has 2 N–H and O–H groups in total. The highest BCUT2D eigenvalue weighted by Gasteiger charge is 2.07. The van der Waals surface area contributed by atoms with E-state index in [1.807, 2.05) is 18.2 Å². The summed E-state index contributed by atoms with van der Waals surface area (Å²) in [6.07, 6.45) is 0.782. The third-order valence-electron chi connectivity index (χ3n) is 3.00. The number of benzene rings is 2. The van der Waals surface area contributed by atoms with E-state index in [0.29, 0.717) is 23.6 Å². The Labute approximate surface area is 118 Å². The number of ether oxygens (including phenoxy) is 2. The fourth-order valence-electron chi connectivity index (χ4n) is 1.92. The van der Waals surface area contributed by atoms with E-state index in [4.69, 9.17) is 15.2 Å². The summed E-state index contributed by atoms with van der Waals surface area (Å²) in [5.74, 6) is 0.954. The maximum absolute atomic E-state index is 13.5. The minimum atomic E-state index is -0.272. The molecule has 2 aromatic carbocycles. The Bertz CT molecular complexity index is 572. The molecule has 0 atom stereocenters. The Morgan fingerprint density at radius 1 is 1.10 bits per heavy atom. The van der Waals surface area contributed by atoms with Crippen LogP contribution in [0.1, 0.15) is 11.1 Å². The summed E-state index contributed by atoms with van der Waals surface area (Å²) in [6, 6.07) is 12.2. The number of nitrogens with two attached hydrogens (primary N) is 1. The van der Waals surface area contributed by atoms with Gasteiger partial charge in [-0.2, -0.15) is 0 Å². The monoisotopic (exact) mass is 275 g/mol. The molecule has 20 heavy (non-hydrogen) atoms. The molecule has 0 saturated heterocycles. The second-order valence-corrected chi connectivity index (χ2v) is 4.40. The van der Waals surface area contributed by atoms with Crippen molar-refractivity contribution in [3.8, 4) is 11.5 Å². The average Bonchev–Trinajstić information content (AvgIpc) is 2.47. The molecule has 0 fully saturated rings. The van der Waals surface area contributed by atoms with Crippen molar-refractivity contribution in [2.24, 2.45) is 5.73 Å². The van der Waals surface area contributed by atoms with Gasteiger partial charge < -0.3 is 15.2 Å². The van der Waals surface area contributed by atoms with Crippen LogP contribution in [0.4, 0.5) is 4.39 Å².